The van der Waals surface area contributed by atoms with Crippen LogP contribution in [-0.4, -0.2) is 33.1 Å². The number of hydrogen-bond donors (Lipinski definition) is 0. The van der Waals surface area contributed by atoms with Crippen LogP contribution in [0.1, 0.15) is 18.9 Å². The van der Waals surface area contributed by atoms with Gasteiger partial charge in [-0.25, -0.2) is 4.79 Å². The van der Waals surface area contributed by atoms with Gasteiger partial charge in [0.25, 0.3) is 0 Å². The van der Waals surface area contributed by atoms with E-state index in [0.717, 1.165) is 11.1 Å². The minimum atomic E-state index is -0.346. The van der Waals surface area contributed by atoms with Crippen LogP contribution in [0.25, 0.3) is 5.69 Å². The highest BCUT2D eigenvalue weighted by Gasteiger charge is 2.15. The summed E-state index contributed by atoms with van der Waals surface area (Å²) < 4.78 is 7.66. The van der Waals surface area contributed by atoms with Crippen molar-refractivity contribution in [3.05, 3.63) is 34.2 Å². The number of hydrogen-bond acceptors (Lipinski definition) is 6. The van der Waals surface area contributed by atoms with Crippen LogP contribution >= 0.6 is 0 Å². The summed E-state index contributed by atoms with van der Waals surface area (Å²) in [5.41, 5.74) is 0.886. The van der Waals surface area contributed by atoms with E-state index in [4.69, 9.17) is 9.57 Å². The molecule has 0 amide bonds. The van der Waals surface area contributed by atoms with Gasteiger partial charge in [-0.15, -0.1) is 0 Å². The van der Waals surface area contributed by atoms with E-state index in [0.29, 0.717) is 17.0 Å². The maximum Gasteiger partial charge on any atom is 0.368 e. The number of methoxy groups -OCH3 is 1. The first-order chi connectivity index (χ1) is 10.2. The Balaban J connectivity index is 2.43. The molecule has 1 aromatic heterocycles. The number of aromatic nitrogens is 4. The SMILES string of the molecule is CC/C=N/OCc1c(OC)cccc1-n1nnn(C)c1=O. The van der Waals surface area contributed by atoms with Crippen LogP contribution in [0.5, 0.6) is 5.75 Å². The maximum absolute atomic E-state index is 12.0. The molecule has 0 saturated heterocycles. The van der Waals surface area contributed by atoms with Gasteiger partial charge >= 0.3 is 5.69 Å². The van der Waals surface area contributed by atoms with E-state index < -0.39 is 0 Å². The molecule has 1 heterocycles. The number of benzene rings is 1. The molecule has 8 heteroatoms. The summed E-state index contributed by atoms with van der Waals surface area (Å²) in [5.74, 6) is 0.594. The van der Waals surface area contributed by atoms with Gasteiger partial charge in [0.05, 0.1) is 18.4 Å². The Hall–Kier alpha value is -2.64. The fourth-order valence-electron chi connectivity index (χ4n) is 1.78. The number of tetrazole rings is 1. The average Bonchev–Trinajstić information content (AvgIpc) is 2.83. The largest absolute Gasteiger partial charge is 0.496 e. The van der Waals surface area contributed by atoms with Gasteiger partial charge in [-0.2, -0.15) is 9.36 Å². The minimum absolute atomic E-state index is 0.166. The molecule has 0 N–H and O–H groups in total. The third kappa shape index (κ3) is 3.10. The average molecular weight is 291 g/mol. The maximum atomic E-state index is 12.0. The molecule has 0 fully saturated rings. The fraction of sp³-hybridized carbons (Fsp3) is 0.385. The molecule has 21 heavy (non-hydrogen) atoms. The number of oxime groups is 1. The minimum Gasteiger partial charge on any atom is -0.496 e. The molecule has 0 atom stereocenters. The first-order valence-corrected chi connectivity index (χ1v) is 6.48. The summed E-state index contributed by atoms with van der Waals surface area (Å²) in [5, 5.41) is 11.4. The molecule has 8 nitrogen and oxygen atoms in total. The Bertz CT molecular complexity index is 689. The Morgan fingerprint density at radius 3 is 2.81 bits per heavy atom. The van der Waals surface area contributed by atoms with Crippen molar-refractivity contribution in [1.82, 2.24) is 19.8 Å². The molecule has 1 aromatic carbocycles. The topological polar surface area (TPSA) is 83.5 Å². The second-order valence-electron chi connectivity index (χ2n) is 4.22. The number of ether oxygens (including phenoxy) is 1. The van der Waals surface area contributed by atoms with Crippen LogP contribution < -0.4 is 10.4 Å². The monoisotopic (exact) mass is 291 g/mol. The van der Waals surface area contributed by atoms with Crippen LogP contribution in [0.15, 0.2) is 28.1 Å². The Kier molecular flexibility index (Phi) is 4.70. The van der Waals surface area contributed by atoms with Gasteiger partial charge < -0.3 is 9.57 Å². The Labute approximate surface area is 121 Å². The van der Waals surface area contributed by atoms with Crippen LogP contribution in [0.2, 0.25) is 0 Å². The van der Waals surface area contributed by atoms with Crippen LogP contribution in [-0.2, 0) is 18.5 Å². The summed E-state index contributed by atoms with van der Waals surface area (Å²) in [6.45, 7) is 2.12. The summed E-state index contributed by atoms with van der Waals surface area (Å²) in [6.07, 6.45) is 2.44. The summed E-state index contributed by atoms with van der Waals surface area (Å²) in [6, 6.07) is 5.31. The molecule has 0 aliphatic rings. The number of rotatable bonds is 6. The van der Waals surface area contributed by atoms with Gasteiger partial charge in [0, 0.05) is 13.3 Å². The van der Waals surface area contributed by atoms with Gasteiger partial charge in [-0.05, 0) is 29.0 Å². The molecular weight excluding hydrogens is 274 g/mol. The third-order valence-corrected chi connectivity index (χ3v) is 2.82. The Morgan fingerprint density at radius 2 is 2.19 bits per heavy atom. The molecule has 0 radical (unpaired) electrons. The first kappa shape index (κ1) is 14.8. The second-order valence-corrected chi connectivity index (χ2v) is 4.22. The van der Waals surface area contributed by atoms with Gasteiger partial charge in [0.2, 0.25) is 0 Å². The van der Waals surface area contributed by atoms with Crippen molar-refractivity contribution in [3.63, 3.8) is 0 Å². The molecule has 2 aromatic rings. The van der Waals surface area contributed by atoms with E-state index in [-0.39, 0.29) is 12.3 Å². The predicted molar refractivity (Wildman–Crippen MR) is 76.7 cm³/mol. The molecule has 0 bridgehead atoms. The van der Waals surface area contributed by atoms with E-state index in [1.807, 2.05) is 6.92 Å². The molecule has 2 rings (SSSR count). The number of aryl methyl sites for hydroxylation is 1. The quantitative estimate of drug-likeness (QED) is 0.583. The Morgan fingerprint density at radius 1 is 1.38 bits per heavy atom. The molecule has 0 saturated carbocycles. The summed E-state index contributed by atoms with van der Waals surface area (Å²) >= 11 is 0. The normalized spacial score (nSPS) is 11.0. The van der Waals surface area contributed by atoms with E-state index in [1.165, 1.54) is 11.7 Å². The van der Waals surface area contributed by atoms with E-state index in [9.17, 15) is 4.79 Å². The fourth-order valence-corrected chi connectivity index (χ4v) is 1.78. The molecular formula is C13H17N5O3. The highest BCUT2D eigenvalue weighted by Crippen LogP contribution is 2.25. The molecule has 0 spiro atoms. The van der Waals surface area contributed by atoms with Gasteiger partial charge in [-0.3, -0.25) is 0 Å². The lowest BCUT2D eigenvalue weighted by atomic mass is 10.1. The van der Waals surface area contributed by atoms with Crippen LogP contribution in [0.4, 0.5) is 0 Å². The summed E-state index contributed by atoms with van der Waals surface area (Å²) in [7, 11) is 3.09. The molecule has 0 aliphatic carbocycles. The number of nitrogens with zero attached hydrogens (tertiary/aromatic N) is 5. The van der Waals surface area contributed by atoms with E-state index in [1.54, 1.807) is 31.5 Å². The molecule has 112 valence electrons. The lowest BCUT2D eigenvalue weighted by molar-refractivity contribution is 0.129. The third-order valence-electron chi connectivity index (χ3n) is 2.82. The standard InChI is InChI=1S/C13H17N5O3/c1-4-8-14-21-9-10-11(6-5-7-12(10)20-3)18-13(19)17(2)15-16-18/h5-8H,4,9H2,1-3H3/b14-8+. The van der Waals surface area contributed by atoms with Gasteiger partial charge in [-0.1, -0.05) is 18.1 Å². The zero-order valence-corrected chi connectivity index (χ0v) is 12.2. The van der Waals surface area contributed by atoms with Crippen molar-refractivity contribution in [2.45, 2.75) is 20.0 Å². The molecule has 0 unspecified atom stereocenters. The van der Waals surface area contributed by atoms with Gasteiger partial charge in [0.1, 0.15) is 12.4 Å². The van der Waals surface area contributed by atoms with Gasteiger partial charge in [0.15, 0.2) is 0 Å². The zero-order valence-electron chi connectivity index (χ0n) is 12.2. The van der Waals surface area contributed by atoms with Crippen molar-refractivity contribution in [2.75, 3.05) is 7.11 Å². The van der Waals surface area contributed by atoms with E-state index in [2.05, 4.69) is 15.6 Å². The predicted octanol–water partition coefficient (Wildman–Crippen LogP) is 0.887. The van der Waals surface area contributed by atoms with Crippen molar-refractivity contribution in [3.8, 4) is 11.4 Å². The zero-order chi connectivity index (χ0) is 15.2. The van der Waals surface area contributed by atoms with E-state index >= 15 is 0 Å². The summed E-state index contributed by atoms with van der Waals surface area (Å²) in [4.78, 5) is 17.2. The van der Waals surface area contributed by atoms with Crippen molar-refractivity contribution in [2.24, 2.45) is 12.2 Å². The van der Waals surface area contributed by atoms with Crippen molar-refractivity contribution >= 4 is 6.21 Å². The van der Waals surface area contributed by atoms with Crippen molar-refractivity contribution < 1.29 is 9.57 Å². The lowest BCUT2D eigenvalue weighted by Crippen LogP contribution is -2.23. The highest BCUT2D eigenvalue weighted by molar-refractivity contribution is 5.55. The van der Waals surface area contributed by atoms with Crippen LogP contribution in [0, 0.1) is 0 Å². The molecule has 0 aliphatic heterocycles. The highest BCUT2D eigenvalue weighted by atomic mass is 16.6. The first-order valence-electron chi connectivity index (χ1n) is 6.48. The van der Waals surface area contributed by atoms with Crippen LogP contribution in [0.3, 0.4) is 0 Å². The smallest absolute Gasteiger partial charge is 0.368 e. The second kappa shape index (κ2) is 6.69. The lowest BCUT2D eigenvalue weighted by Gasteiger charge is -2.11. The van der Waals surface area contributed by atoms with Crippen molar-refractivity contribution in [1.29, 1.82) is 0 Å².